The normalized spacial score (nSPS) is 37.6. The lowest BCUT2D eigenvalue weighted by molar-refractivity contribution is -0.139. The first-order valence-electron chi connectivity index (χ1n) is 4.47. The van der Waals surface area contributed by atoms with Crippen molar-refractivity contribution in [3.8, 4) is 0 Å². The van der Waals surface area contributed by atoms with Gasteiger partial charge in [0.2, 0.25) is 0 Å². The summed E-state index contributed by atoms with van der Waals surface area (Å²) in [5.41, 5.74) is 0.313. The van der Waals surface area contributed by atoms with Crippen LogP contribution in [0.4, 0.5) is 0 Å². The van der Waals surface area contributed by atoms with Crippen LogP contribution in [0, 0.1) is 11.8 Å². The molecule has 72 valence electrons. The number of fused-ring (bicyclic) bond motifs is 1. The smallest absolute Gasteiger partial charge is 0.334 e. The van der Waals surface area contributed by atoms with E-state index in [1.54, 1.807) is 0 Å². The van der Waals surface area contributed by atoms with Crippen LogP contribution in [-0.4, -0.2) is 22.5 Å². The van der Waals surface area contributed by atoms with E-state index < -0.39 is 12.3 Å². The highest BCUT2D eigenvalue weighted by molar-refractivity contribution is 5.87. The standard InChI is InChI=1S/C9H12O4/c10-8(11)7-4-13-9(12)6-3-1-2-5(6)7/h4-6,9,12H,1-3H2,(H,10,11)/t5-,6+,9?/m1/s1. The molecule has 0 spiro atoms. The third-order valence-corrected chi connectivity index (χ3v) is 2.92. The molecule has 0 amide bonds. The van der Waals surface area contributed by atoms with Crippen molar-refractivity contribution in [2.24, 2.45) is 11.8 Å². The summed E-state index contributed by atoms with van der Waals surface area (Å²) in [5.74, 6) is -0.957. The summed E-state index contributed by atoms with van der Waals surface area (Å²) in [6, 6.07) is 0. The number of carboxylic acids is 1. The van der Waals surface area contributed by atoms with Gasteiger partial charge in [-0.25, -0.2) is 4.79 Å². The first-order valence-corrected chi connectivity index (χ1v) is 4.47. The minimum Gasteiger partial charge on any atom is -0.478 e. The number of carboxylic acid groups (broad SMARTS) is 1. The average molecular weight is 184 g/mol. The first-order chi connectivity index (χ1) is 6.20. The second-order valence-electron chi connectivity index (χ2n) is 3.61. The lowest BCUT2D eigenvalue weighted by Gasteiger charge is -2.29. The zero-order chi connectivity index (χ0) is 9.42. The van der Waals surface area contributed by atoms with Crippen LogP contribution in [0.2, 0.25) is 0 Å². The molecule has 0 aromatic rings. The molecule has 0 aromatic carbocycles. The minimum absolute atomic E-state index is 0.0127. The molecule has 2 rings (SSSR count). The Morgan fingerprint density at radius 2 is 2.31 bits per heavy atom. The van der Waals surface area contributed by atoms with Crippen LogP contribution < -0.4 is 0 Å². The van der Waals surface area contributed by atoms with Gasteiger partial charge < -0.3 is 14.9 Å². The van der Waals surface area contributed by atoms with E-state index in [9.17, 15) is 9.90 Å². The van der Waals surface area contributed by atoms with Crippen molar-refractivity contribution in [2.75, 3.05) is 0 Å². The third kappa shape index (κ3) is 1.31. The van der Waals surface area contributed by atoms with Gasteiger partial charge in [0.25, 0.3) is 0 Å². The average Bonchev–Trinajstić information content (AvgIpc) is 2.53. The minimum atomic E-state index is -0.927. The van der Waals surface area contributed by atoms with Crippen LogP contribution in [0.3, 0.4) is 0 Å². The molecule has 1 aliphatic carbocycles. The van der Waals surface area contributed by atoms with E-state index in [1.165, 1.54) is 6.26 Å². The summed E-state index contributed by atoms with van der Waals surface area (Å²) in [6.45, 7) is 0. The van der Waals surface area contributed by atoms with E-state index in [0.717, 1.165) is 19.3 Å². The molecule has 1 saturated carbocycles. The molecule has 4 nitrogen and oxygen atoms in total. The summed E-state index contributed by atoms with van der Waals surface area (Å²) in [7, 11) is 0. The number of aliphatic hydroxyl groups excluding tert-OH is 1. The summed E-state index contributed by atoms with van der Waals surface area (Å²) in [4.78, 5) is 10.8. The molecule has 1 heterocycles. The molecule has 0 bridgehead atoms. The van der Waals surface area contributed by atoms with E-state index in [-0.39, 0.29) is 11.8 Å². The predicted octanol–water partition coefficient (Wildman–Crippen LogP) is 0.720. The number of ether oxygens (including phenoxy) is 1. The lowest BCUT2D eigenvalue weighted by atomic mass is 9.87. The Kier molecular flexibility index (Phi) is 2.00. The maximum Gasteiger partial charge on any atom is 0.334 e. The molecule has 1 fully saturated rings. The van der Waals surface area contributed by atoms with Crippen molar-refractivity contribution in [1.82, 2.24) is 0 Å². The molecule has 13 heavy (non-hydrogen) atoms. The van der Waals surface area contributed by atoms with Crippen molar-refractivity contribution in [1.29, 1.82) is 0 Å². The number of carbonyl (C=O) groups is 1. The Hall–Kier alpha value is -1.03. The van der Waals surface area contributed by atoms with E-state index in [2.05, 4.69) is 0 Å². The highest BCUT2D eigenvalue weighted by Gasteiger charge is 2.41. The maximum absolute atomic E-state index is 10.8. The van der Waals surface area contributed by atoms with Gasteiger partial charge in [-0.15, -0.1) is 0 Å². The van der Waals surface area contributed by atoms with Gasteiger partial charge in [-0.3, -0.25) is 0 Å². The zero-order valence-electron chi connectivity index (χ0n) is 7.14. The highest BCUT2D eigenvalue weighted by atomic mass is 16.6. The maximum atomic E-state index is 10.8. The van der Waals surface area contributed by atoms with E-state index in [1.807, 2.05) is 0 Å². The summed E-state index contributed by atoms with van der Waals surface area (Å²) < 4.78 is 4.88. The lowest BCUT2D eigenvalue weighted by Crippen LogP contribution is -2.32. The van der Waals surface area contributed by atoms with Crippen LogP contribution in [0.25, 0.3) is 0 Å². The van der Waals surface area contributed by atoms with E-state index in [0.29, 0.717) is 5.57 Å². The Labute approximate surface area is 75.8 Å². The van der Waals surface area contributed by atoms with Crippen LogP contribution in [0.5, 0.6) is 0 Å². The molecule has 4 heteroatoms. The fourth-order valence-electron chi connectivity index (χ4n) is 2.26. The number of rotatable bonds is 1. The molecular weight excluding hydrogens is 172 g/mol. The first kappa shape index (κ1) is 8.56. The van der Waals surface area contributed by atoms with Gasteiger partial charge in [0.15, 0.2) is 6.29 Å². The summed E-state index contributed by atoms with van der Waals surface area (Å²) in [6.07, 6.45) is 3.06. The SMILES string of the molecule is O=C(O)C1=COC(O)[C@H]2CCC[C@@H]12. The number of aliphatic carboxylic acids is 1. The van der Waals surface area contributed by atoms with E-state index >= 15 is 0 Å². The largest absolute Gasteiger partial charge is 0.478 e. The third-order valence-electron chi connectivity index (χ3n) is 2.92. The van der Waals surface area contributed by atoms with Gasteiger partial charge in [0, 0.05) is 11.8 Å². The molecular formula is C9H12O4. The van der Waals surface area contributed by atoms with Gasteiger partial charge >= 0.3 is 5.97 Å². The van der Waals surface area contributed by atoms with Crippen molar-refractivity contribution < 1.29 is 19.7 Å². The Balaban J connectivity index is 2.25. The van der Waals surface area contributed by atoms with Crippen molar-refractivity contribution >= 4 is 5.97 Å². The molecule has 0 radical (unpaired) electrons. The van der Waals surface area contributed by atoms with Crippen LogP contribution in [0.1, 0.15) is 19.3 Å². The van der Waals surface area contributed by atoms with Crippen molar-refractivity contribution in [2.45, 2.75) is 25.6 Å². The quantitative estimate of drug-likeness (QED) is 0.630. The Bertz CT molecular complexity index is 258. The fourth-order valence-corrected chi connectivity index (χ4v) is 2.26. The molecule has 0 saturated heterocycles. The Morgan fingerprint density at radius 1 is 1.54 bits per heavy atom. The molecule has 2 N–H and O–H groups in total. The summed E-state index contributed by atoms with van der Waals surface area (Å²) in [5, 5.41) is 18.3. The van der Waals surface area contributed by atoms with Gasteiger partial charge in [0.05, 0.1) is 11.8 Å². The molecule has 1 unspecified atom stereocenters. The van der Waals surface area contributed by atoms with Gasteiger partial charge in [-0.1, -0.05) is 6.42 Å². The monoisotopic (exact) mass is 184 g/mol. The fraction of sp³-hybridized carbons (Fsp3) is 0.667. The zero-order valence-corrected chi connectivity index (χ0v) is 7.14. The Morgan fingerprint density at radius 3 is 3.00 bits per heavy atom. The molecule has 2 aliphatic rings. The highest BCUT2D eigenvalue weighted by Crippen LogP contribution is 2.41. The number of hydrogen-bond donors (Lipinski definition) is 2. The topological polar surface area (TPSA) is 66.8 Å². The molecule has 0 aromatic heterocycles. The summed E-state index contributed by atoms with van der Waals surface area (Å²) >= 11 is 0. The van der Waals surface area contributed by atoms with Gasteiger partial charge in [-0.2, -0.15) is 0 Å². The van der Waals surface area contributed by atoms with E-state index in [4.69, 9.17) is 9.84 Å². The van der Waals surface area contributed by atoms with Crippen molar-refractivity contribution in [3.05, 3.63) is 11.8 Å². The van der Waals surface area contributed by atoms with Crippen LogP contribution in [0.15, 0.2) is 11.8 Å². The molecule has 1 aliphatic heterocycles. The van der Waals surface area contributed by atoms with Crippen LogP contribution in [-0.2, 0) is 9.53 Å². The number of hydrogen-bond acceptors (Lipinski definition) is 3. The second-order valence-corrected chi connectivity index (χ2v) is 3.61. The van der Waals surface area contributed by atoms with Gasteiger partial charge in [-0.05, 0) is 12.8 Å². The predicted molar refractivity (Wildman–Crippen MR) is 43.6 cm³/mol. The van der Waals surface area contributed by atoms with Crippen molar-refractivity contribution in [3.63, 3.8) is 0 Å². The van der Waals surface area contributed by atoms with Crippen LogP contribution >= 0.6 is 0 Å². The van der Waals surface area contributed by atoms with Gasteiger partial charge in [0.1, 0.15) is 0 Å². The second kappa shape index (κ2) is 3.03. The number of aliphatic hydroxyl groups is 1. The molecule has 3 atom stereocenters.